The lowest BCUT2D eigenvalue weighted by Gasteiger charge is -2.29. The van der Waals surface area contributed by atoms with Crippen molar-refractivity contribution in [3.05, 3.63) is 69.3 Å². The van der Waals surface area contributed by atoms with E-state index in [0.29, 0.717) is 27.3 Å². The number of hydrogen-bond acceptors (Lipinski definition) is 7. The van der Waals surface area contributed by atoms with Crippen molar-refractivity contribution in [1.82, 2.24) is 15.3 Å². The third-order valence-electron chi connectivity index (χ3n) is 7.07. The highest BCUT2D eigenvalue weighted by molar-refractivity contribution is 6.40. The molecule has 3 aromatic rings. The van der Waals surface area contributed by atoms with Crippen LogP contribution in [-0.2, 0) is 0 Å². The third-order valence-corrected chi connectivity index (χ3v) is 7.68. The number of piperidine rings is 1. The Hall–Kier alpha value is -3.20. The first-order valence-corrected chi connectivity index (χ1v) is 13.2. The molecule has 1 saturated heterocycles. The molecule has 2 N–H and O–H groups in total. The van der Waals surface area contributed by atoms with Gasteiger partial charge in [-0.1, -0.05) is 35.3 Å². The first-order chi connectivity index (χ1) is 18.0. The van der Waals surface area contributed by atoms with Crippen molar-refractivity contribution in [3.8, 4) is 5.88 Å². The van der Waals surface area contributed by atoms with E-state index < -0.39 is 0 Å². The molecule has 10 heteroatoms. The second-order valence-electron chi connectivity index (χ2n) is 9.58. The Morgan fingerprint density at radius 3 is 2.57 bits per heavy atom. The summed E-state index contributed by atoms with van der Waals surface area (Å²) in [5.41, 5.74) is 3.22. The highest BCUT2D eigenvalue weighted by Crippen LogP contribution is 2.39. The van der Waals surface area contributed by atoms with E-state index in [0.717, 1.165) is 49.9 Å². The first-order valence-electron chi connectivity index (χ1n) is 12.4. The van der Waals surface area contributed by atoms with E-state index in [1.165, 1.54) is 11.1 Å². The van der Waals surface area contributed by atoms with Gasteiger partial charge in [-0.3, -0.25) is 14.5 Å². The minimum atomic E-state index is -0.355. The first kappa shape index (κ1) is 24.2. The minimum Gasteiger partial charge on any atom is -0.455 e. The van der Waals surface area contributed by atoms with Crippen LogP contribution in [0.4, 0.5) is 17.3 Å². The molecule has 2 aromatic carbocycles. The number of halogens is 2. The van der Waals surface area contributed by atoms with Crippen molar-refractivity contribution < 1.29 is 14.3 Å². The Morgan fingerprint density at radius 1 is 1.08 bits per heavy atom. The molecule has 0 radical (unpaired) electrons. The number of anilines is 3. The van der Waals surface area contributed by atoms with Gasteiger partial charge in [-0.05, 0) is 74.5 Å². The van der Waals surface area contributed by atoms with Crippen LogP contribution in [0.2, 0.25) is 10.0 Å². The summed E-state index contributed by atoms with van der Waals surface area (Å²) in [6.45, 7) is 1.84. The van der Waals surface area contributed by atoms with Crippen molar-refractivity contribution in [1.29, 1.82) is 0 Å². The van der Waals surface area contributed by atoms with E-state index in [4.69, 9.17) is 27.9 Å². The maximum absolute atomic E-state index is 13.2. The molecule has 2 aliphatic heterocycles. The molecule has 1 amide bonds. The number of carbonyl (C=O) groups is 2. The fourth-order valence-corrected chi connectivity index (χ4v) is 5.56. The van der Waals surface area contributed by atoms with Crippen LogP contribution in [0, 0.1) is 5.92 Å². The molecule has 3 heterocycles. The summed E-state index contributed by atoms with van der Waals surface area (Å²) >= 11 is 12.6. The number of Topliss-reactive ketones (excluding diaryl/α,β-unsaturated/α-hetero) is 1. The van der Waals surface area contributed by atoms with Crippen molar-refractivity contribution in [2.75, 3.05) is 30.0 Å². The van der Waals surface area contributed by atoms with Crippen LogP contribution in [0.3, 0.4) is 0 Å². The Morgan fingerprint density at radius 2 is 1.84 bits per heavy atom. The topological polar surface area (TPSA) is 96.4 Å². The van der Waals surface area contributed by atoms with Crippen molar-refractivity contribution in [2.24, 2.45) is 5.92 Å². The largest absolute Gasteiger partial charge is 0.455 e. The molecule has 37 heavy (non-hydrogen) atoms. The lowest BCUT2D eigenvalue weighted by Crippen LogP contribution is -2.39. The number of nitrogens with one attached hydrogen (secondary N) is 2. The maximum Gasteiger partial charge on any atom is 0.268 e. The van der Waals surface area contributed by atoms with Gasteiger partial charge in [-0.2, -0.15) is 4.98 Å². The molecule has 0 spiro atoms. The zero-order valence-corrected chi connectivity index (χ0v) is 21.5. The Kier molecular flexibility index (Phi) is 6.48. The summed E-state index contributed by atoms with van der Waals surface area (Å²) in [4.78, 5) is 36.4. The smallest absolute Gasteiger partial charge is 0.268 e. The third kappa shape index (κ3) is 4.77. The fourth-order valence-electron chi connectivity index (χ4n) is 4.96. The van der Waals surface area contributed by atoms with Crippen LogP contribution >= 0.6 is 23.2 Å². The van der Waals surface area contributed by atoms with Gasteiger partial charge in [-0.25, -0.2) is 4.98 Å². The summed E-state index contributed by atoms with van der Waals surface area (Å²) in [5, 5.41) is 7.26. The lowest BCUT2D eigenvalue weighted by molar-refractivity contribution is 0.0930. The molecule has 1 saturated carbocycles. The molecule has 8 nitrogen and oxygen atoms in total. The molecular weight excluding hydrogens is 513 g/mol. The van der Waals surface area contributed by atoms with Crippen molar-refractivity contribution in [3.63, 3.8) is 0 Å². The van der Waals surface area contributed by atoms with Gasteiger partial charge < -0.3 is 15.4 Å². The highest BCUT2D eigenvalue weighted by atomic mass is 35.5. The zero-order valence-electron chi connectivity index (χ0n) is 20.0. The number of rotatable bonds is 6. The van der Waals surface area contributed by atoms with E-state index in [1.54, 1.807) is 18.2 Å². The number of ether oxygens (including phenoxy) is 1. The van der Waals surface area contributed by atoms with Gasteiger partial charge in [-0.15, -0.1) is 0 Å². The van der Waals surface area contributed by atoms with Crippen LogP contribution in [0.1, 0.15) is 57.9 Å². The number of nitrogens with zero attached hydrogens (tertiary/aromatic N) is 3. The number of amides is 1. The SMILES string of the molecule is O=C(c1cc(Nc2ncc3c(n2)OCN(c2c(Cl)cccc2Cl)C3=O)ccc1C1CCNCC1)C1CC1. The normalized spacial score (nSPS) is 17.8. The monoisotopic (exact) mass is 537 g/mol. The summed E-state index contributed by atoms with van der Waals surface area (Å²) in [7, 11) is 0. The molecule has 190 valence electrons. The zero-order chi connectivity index (χ0) is 25.5. The molecule has 2 fully saturated rings. The van der Waals surface area contributed by atoms with E-state index in [9.17, 15) is 9.59 Å². The molecule has 6 rings (SSSR count). The second kappa shape index (κ2) is 9.93. The van der Waals surface area contributed by atoms with Gasteiger partial charge in [0.1, 0.15) is 5.56 Å². The van der Waals surface area contributed by atoms with Gasteiger partial charge in [0.05, 0.1) is 15.7 Å². The number of ketones is 1. The van der Waals surface area contributed by atoms with E-state index in [-0.39, 0.29) is 41.7 Å². The summed E-state index contributed by atoms with van der Waals surface area (Å²) in [6.07, 6.45) is 5.38. The number of para-hydroxylation sites is 1. The molecule has 3 aliphatic rings. The van der Waals surface area contributed by atoms with Gasteiger partial charge in [0, 0.05) is 23.4 Å². The Balaban J connectivity index is 1.25. The van der Waals surface area contributed by atoms with Crippen LogP contribution in [0.15, 0.2) is 42.6 Å². The number of benzene rings is 2. The van der Waals surface area contributed by atoms with Crippen molar-refractivity contribution in [2.45, 2.75) is 31.6 Å². The fraction of sp³-hybridized carbons (Fsp3) is 0.333. The summed E-state index contributed by atoms with van der Waals surface area (Å²) < 4.78 is 5.79. The number of aromatic nitrogens is 2. The minimum absolute atomic E-state index is 0.0866. The molecular formula is C27H25Cl2N5O3. The molecule has 0 unspecified atom stereocenters. The molecule has 0 bridgehead atoms. The Bertz CT molecular complexity index is 1370. The van der Waals surface area contributed by atoms with Crippen molar-refractivity contribution >= 4 is 52.2 Å². The van der Waals surface area contributed by atoms with E-state index >= 15 is 0 Å². The van der Waals surface area contributed by atoms with E-state index in [2.05, 4.69) is 26.7 Å². The molecule has 1 aliphatic carbocycles. The maximum atomic E-state index is 13.2. The molecule has 0 atom stereocenters. The summed E-state index contributed by atoms with van der Waals surface area (Å²) in [6, 6.07) is 10.9. The number of carbonyl (C=O) groups excluding carboxylic acids is 2. The van der Waals surface area contributed by atoms with Crippen LogP contribution in [-0.4, -0.2) is 41.5 Å². The predicted molar refractivity (Wildman–Crippen MR) is 142 cm³/mol. The van der Waals surface area contributed by atoms with Crippen LogP contribution < -0.4 is 20.3 Å². The highest BCUT2D eigenvalue weighted by Gasteiger charge is 2.34. The van der Waals surface area contributed by atoms with E-state index in [1.807, 2.05) is 12.1 Å². The van der Waals surface area contributed by atoms with Gasteiger partial charge in [0.15, 0.2) is 12.5 Å². The van der Waals surface area contributed by atoms with Gasteiger partial charge in [0.25, 0.3) is 5.91 Å². The average Bonchev–Trinajstić information content (AvgIpc) is 3.76. The predicted octanol–water partition coefficient (Wildman–Crippen LogP) is 5.58. The standard InChI is InChI=1S/C27H25Cl2N5O3/c28-21-2-1-3-22(29)23(21)34-14-37-25-20(26(34)36)13-31-27(33-25)32-17-6-7-18(15-8-10-30-11-9-15)19(12-17)24(35)16-4-5-16/h1-3,6-7,12-13,15-16,30H,4-5,8-11,14H2,(H,31,32,33). The molecule has 1 aromatic heterocycles. The lowest BCUT2D eigenvalue weighted by atomic mass is 9.85. The average molecular weight is 538 g/mol. The van der Waals surface area contributed by atoms with Gasteiger partial charge in [0.2, 0.25) is 11.8 Å². The quantitative estimate of drug-likeness (QED) is 0.396. The van der Waals surface area contributed by atoms with Crippen LogP contribution in [0.5, 0.6) is 5.88 Å². The number of hydrogen-bond donors (Lipinski definition) is 2. The Labute approximate surface area is 224 Å². The van der Waals surface area contributed by atoms with Gasteiger partial charge >= 0.3 is 0 Å². The second-order valence-corrected chi connectivity index (χ2v) is 10.4. The summed E-state index contributed by atoms with van der Waals surface area (Å²) in [5.74, 6) is 0.812. The number of fused-ring (bicyclic) bond motifs is 1. The van der Waals surface area contributed by atoms with Crippen LogP contribution in [0.25, 0.3) is 0 Å².